The molecule has 5 rings (SSSR count). The number of benzene rings is 1. The lowest BCUT2D eigenvalue weighted by atomic mass is 9.47. The number of carbonyl (C=O) groups is 2. The average Bonchev–Trinajstić information content (AvgIpc) is 3.53. The fourth-order valence-corrected chi connectivity index (χ4v) is 11.7. The summed E-state index contributed by atoms with van der Waals surface area (Å²) in [5, 5.41) is 34.8. The number of unbranched alkanes of at least 4 members (excludes halogenated alkanes) is 2. The van der Waals surface area contributed by atoms with Gasteiger partial charge in [-0.25, -0.2) is 0 Å². The Morgan fingerprint density at radius 1 is 0.807 bits per heavy atom. The van der Waals surface area contributed by atoms with E-state index in [4.69, 9.17) is 0 Å². The van der Waals surface area contributed by atoms with Crippen molar-refractivity contribution in [3.8, 4) is 0 Å². The summed E-state index contributed by atoms with van der Waals surface area (Å²) in [6, 6.07) is 4.02. The zero-order chi connectivity index (χ0) is 41.2. The van der Waals surface area contributed by atoms with Crippen molar-refractivity contribution in [1.29, 1.82) is 0 Å². The monoisotopic (exact) mass is 793 g/mol. The zero-order valence-electron chi connectivity index (χ0n) is 35.5. The number of nitrogens with one attached hydrogen (secondary N) is 4. The largest absolute Gasteiger partial charge is 0.379 e. The highest BCUT2D eigenvalue weighted by Gasteiger charge is 2.59. The molecular weight excluding hydrogens is 721 g/mol. The van der Waals surface area contributed by atoms with Crippen LogP contribution < -0.4 is 21.3 Å². The van der Waals surface area contributed by atoms with Crippen LogP contribution in [-0.4, -0.2) is 53.9 Å². The van der Waals surface area contributed by atoms with Crippen LogP contribution in [0.2, 0.25) is 0 Å². The van der Waals surface area contributed by atoms with E-state index in [0.29, 0.717) is 55.8 Å². The summed E-state index contributed by atoms with van der Waals surface area (Å²) in [5.41, 5.74) is 2.16. The number of amides is 2. The van der Waals surface area contributed by atoms with Crippen LogP contribution in [0, 0.1) is 66.6 Å². The van der Waals surface area contributed by atoms with Gasteiger partial charge in [0, 0.05) is 44.6 Å². The van der Waals surface area contributed by atoms with Crippen molar-refractivity contribution in [2.75, 3.05) is 31.5 Å². The molecule has 4 aliphatic carbocycles. The molecule has 0 heterocycles. The van der Waals surface area contributed by atoms with Crippen molar-refractivity contribution in [3.05, 3.63) is 50.1 Å². The Balaban J connectivity index is 0.914. The number of rotatable bonds is 22. The van der Waals surface area contributed by atoms with Gasteiger partial charge in [0.05, 0.1) is 15.9 Å². The highest BCUT2D eigenvalue weighted by molar-refractivity contribution is 5.78. The summed E-state index contributed by atoms with van der Waals surface area (Å²) < 4.78 is 0. The Bertz CT molecular complexity index is 1580. The molecular formula is C45H72N6O6. The van der Waals surface area contributed by atoms with E-state index in [1.807, 2.05) is 0 Å². The summed E-state index contributed by atoms with van der Waals surface area (Å²) in [6.07, 6.45) is 21.0. The van der Waals surface area contributed by atoms with Crippen molar-refractivity contribution >= 4 is 28.9 Å². The number of nitro benzene ring substituents is 2. The third kappa shape index (κ3) is 11.4. The SMILES string of the molecule is CC(C)CCCC(C)[C@H]1CCC2C3CC=C4C[C@@H](NCCCNC(=O)CCNC(=O)CCCCCNc5ccc([N+](=O)[O-])cc5[N+](=O)[O-])CC[C@]4(C)C3CC[C@@]21C. The van der Waals surface area contributed by atoms with E-state index in [1.165, 1.54) is 76.3 Å². The van der Waals surface area contributed by atoms with E-state index >= 15 is 0 Å². The second-order valence-corrected chi connectivity index (χ2v) is 18.9. The number of hydrogen-bond acceptors (Lipinski definition) is 8. The lowest BCUT2D eigenvalue weighted by Gasteiger charge is -2.58. The van der Waals surface area contributed by atoms with Crippen molar-refractivity contribution in [2.45, 2.75) is 150 Å². The Morgan fingerprint density at radius 2 is 1.58 bits per heavy atom. The maximum Gasteiger partial charge on any atom is 0.299 e. The Kier molecular flexibility index (Phi) is 16.0. The van der Waals surface area contributed by atoms with Gasteiger partial charge in [-0.1, -0.05) is 72.0 Å². The van der Waals surface area contributed by atoms with E-state index in [9.17, 15) is 29.8 Å². The van der Waals surface area contributed by atoms with E-state index in [-0.39, 0.29) is 35.3 Å². The number of carbonyl (C=O) groups excluding carboxylic acids is 2. The number of nitrogens with zero attached hydrogens (tertiary/aromatic N) is 2. The molecule has 12 nitrogen and oxygen atoms in total. The Labute approximate surface area is 341 Å². The normalized spacial score (nSPS) is 28.4. The van der Waals surface area contributed by atoms with Crippen LogP contribution in [0.15, 0.2) is 29.8 Å². The molecule has 0 spiro atoms. The first-order valence-electron chi connectivity index (χ1n) is 22.4. The van der Waals surface area contributed by atoms with Gasteiger partial charge in [-0.2, -0.15) is 0 Å². The molecule has 4 unspecified atom stereocenters. The van der Waals surface area contributed by atoms with Gasteiger partial charge in [0.2, 0.25) is 11.8 Å². The van der Waals surface area contributed by atoms with Crippen molar-refractivity contribution in [2.24, 2.45) is 46.3 Å². The highest BCUT2D eigenvalue weighted by Crippen LogP contribution is 2.67. The van der Waals surface area contributed by atoms with Gasteiger partial charge in [-0.3, -0.25) is 29.8 Å². The minimum absolute atomic E-state index is 0.0604. The second kappa shape index (κ2) is 20.4. The summed E-state index contributed by atoms with van der Waals surface area (Å²) in [4.78, 5) is 45.5. The second-order valence-electron chi connectivity index (χ2n) is 18.9. The van der Waals surface area contributed by atoms with Crippen molar-refractivity contribution in [3.63, 3.8) is 0 Å². The standard InChI is InChI=1S/C45H72N6O6/c1-31(2)11-9-12-32(3)37-17-18-38-36-16-14-33-29-34(20-23-44(33,4)39(36)21-24-45(37,38)5)46-26-10-27-48-43(53)22-28-49-42(52)13-7-6-8-25-47-40-19-15-35(50(54)55)30-41(40)51(56)57/h14-15,19,30-32,34,36-39,46-47H,6-13,16-18,20-29H2,1-5H3,(H,48,53)(H,49,52)/t32?,34-,36?,37+,38?,39?,44-,45+/m0/s1. The molecule has 0 radical (unpaired) electrons. The van der Waals surface area contributed by atoms with Gasteiger partial charge in [-0.05, 0) is 130 Å². The number of fused-ring (bicyclic) bond motifs is 5. The molecule has 4 N–H and O–H groups in total. The molecule has 3 saturated carbocycles. The summed E-state index contributed by atoms with van der Waals surface area (Å²) >= 11 is 0. The van der Waals surface area contributed by atoms with Crippen molar-refractivity contribution in [1.82, 2.24) is 16.0 Å². The minimum atomic E-state index is -0.665. The van der Waals surface area contributed by atoms with Crippen LogP contribution >= 0.6 is 0 Å². The van der Waals surface area contributed by atoms with E-state index in [2.05, 4.69) is 62.0 Å². The van der Waals surface area contributed by atoms with Gasteiger partial charge in [-0.15, -0.1) is 0 Å². The molecule has 1 aromatic rings. The molecule has 318 valence electrons. The molecule has 0 aliphatic heterocycles. The van der Waals surface area contributed by atoms with Crippen LogP contribution in [0.25, 0.3) is 0 Å². The minimum Gasteiger partial charge on any atom is -0.379 e. The van der Waals surface area contributed by atoms with Gasteiger partial charge in [0.25, 0.3) is 11.4 Å². The number of hydrogen-bond donors (Lipinski definition) is 4. The predicted molar refractivity (Wildman–Crippen MR) is 227 cm³/mol. The smallest absolute Gasteiger partial charge is 0.299 e. The van der Waals surface area contributed by atoms with Crippen LogP contribution in [-0.2, 0) is 9.59 Å². The number of non-ortho nitro benzene ring substituents is 1. The quantitative estimate of drug-likeness (QED) is 0.0390. The van der Waals surface area contributed by atoms with Crippen LogP contribution in [0.5, 0.6) is 0 Å². The topological polar surface area (TPSA) is 169 Å². The molecule has 0 saturated heterocycles. The first kappa shape index (κ1) is 44.6. The predicted octanol–water partition coefficient (Wildman–Crippen LogP) is 9.49. The van der Waals surface area contributed by atoms with Gasteiger partial charge < -0.3 is 21.3 Å². The summed E-state index contributed by atoms with van der Waals surface area (Å²) in [7, 11) is 0. The molecule has 57 heavy (non-hydrogen) atoms. The van der Waals surface area contributed by atoms with Gasteiger partial charge >= 0.3 is 0 Å². The molecule has 0 aromatic heterocycles. The fourth-order valence-electron chi connectivity index (χ4n) is 11.7. The molecule has 4 aliphatic rings. The maximum atomic E-state index is 12.4. The molecule has 1 aromatic carbocycles. The number of nitro groups is 2. The molecule has 3 fully saturated rings. The summed E-state index contributed by atoms with van der Waals surface area (Å²) in [6.45, 7) is 14.8. The third-order valence-electron chi connectivity index (χ3n) is 14.9. The zero-order valence-corrected chi connectivity index (χ0v) is 35.5. The molecule has 0 bridgehead atoms. The Morgan fingerprint density at radius 3 is 2.33 bits per heavy atom. The Hall–Kier alpha value is -3.54. The summed E-state index contributed by atoms with van der Waals surface area (Å²) in [5.74, 6) is 5.00. The first-order chi connectivity index (χ1) is 27.2. The van der Waals surface area contributed by atoms with Crippen molar-refractivity contribution < 1.29 is 19.4 Å². The number of anilines is 1. The fraction of sp³-hybridized carbons (Fsp3) is 0.778. The third-order valence-corrected chi connectivity index (χ3v) is 14.9. The molecule has 12 heteroatoms. The van der Waals surface area contributed by atoms with Crippen LogP contribution in [0.1, 0.15) is 144 Å². The van der Waals surface area contributed by atoms with Gasteiger partial charge in [0.1, 0.15) is 5.69 Å². The molecule has 2 amide bonds. The van der Waals surface area contributed by atoms with E-state index < -0.39 is 9.85 Å². The average molecular weight is 793 g/mol. The van der Waals surface area contributed by atoms with E-state index in [1.54, 1.807) is 5.57 Å². The lowest BCUT2D eigenvalue weighted by Crippen LogP contribution is -2.51. The first-order valence-corrected chi connectivity index (χ1v) is 22.4. The molecule has 8 atom stereocenters. The number of allylic oxidation sites excluding steroid dienone is 1. The van der Waals surface area contributed by atoms with Crippen LogP contribution in [0.3, 0.4) is 0 Å². The highest BCUT2D eigenvalue weighted by atomic mass is 16.6. The van der Waals surface area contributed by atoms with E-state index in [0.717, 1.165) is 67.4 Å². The van der Waals surface area contributed by atoms with Gasteiger partial charge in [0.15, 0.2) is 0 Å². The van der Waals surface area contributed by atoms with Crippen LogP contribution in [0.4, 0.5) is 17.1 Å². The lowest BCUT2D eigenvalue weighted by molar-refractivity contribution is -0.393. The maximum absolute atomic E-state index is 12.4.